The molecule has 0 saturated carbocycles. The summed E-state index contributed by atoms with van der Waals surface area (Å²) < 4.78 is 31.4. The van der Waals surface area contributed by atoms with Gasteiger partial charge in [0, 0.05) is 0 Å². The molecule has 2 aliphatic heterocycles. The molecule has 0 radical (unpaired) electrons. The zero-order valence-electron chi connectivity index (χ0n) is 16.5. The SMILES string of the molecule is COC(=O)C(=Cc1ccc2c(c1)OCO2)C(Cc1ccc2c(c1)OCO2)C(=O)OC. The zero-order valence-corrected chi connectivity index (χ0v) is 16.5. The second-order valence-corrected chi connectivity index (χ2v) is 6.67. The molecule has 1 atom stereocenters. The number of esters is 2. The highest BCUT2D eigenvalue weighted by Crippen LogP contribution is 2.35. The van der Waals surface area contributed by atoms with Crippen molar-refractivity contribution in [3.05, 3.63) is 53.1 Å². The summed E-state index contributed by atoms with van der Waals surface area (Å²) in [7, 11) is 2.55. The molecule has 0 N–H and O–H groups in total. The molecule has 0 bridgehead atoms. The fraction of sp³-hybridized carbons (Fsp3) is 0.273. The van der Waals surface area contributed by atoms with Crippen LogP contribution in [0.15, 0.2) is 42.0 Å². The van der Waals surface area contributed by atoms with E-state index >= 15 is 0 Å². The van der Waals surface area contributed by atoms with Crippen molar-refractivity contribution in [1.82, 2.24) is 0 Å². The summed E-state index contributed by atoms with van der Waals surface area (Å²) in [6, 6.07) is 10.6. The van der Waals surface area contributed by atoms with Crippen LogP contribution in [-0.4, -0.2) is 39.7 Å². The lowest BCUT2D eigenvalue weighted by atomic mass is 9.90. The average Bonchev–Trinajstić information content (AvgIpc) is 3.43. The molecule has 8 nitrogen and oxygen atoms in total. The molecule has 4 rings (SSSR count). The highest BCUT2D eigenvalue weighted by Gasteiger charge is 2.30. The van der Waals surface area contributed by atoms with Crippen molar-refractivity contribution in [1.29, 1.82) is 0 Å². The van der Waals surface area contributed by atoms with E-state index in [2.05, 4.69) is 0 Å². The largest absolute Gasteiger partial charge is 0.469 e. The lowest BCUT2D eigenvalue weighted by Gasteiger charge is -2.17. The normalized spacial score (nSPS) is 14.9. The zero-order chi connectivity index (χ0) is 21.1. The summed E-state index contributed by atoms with van der Waals surface area (Å²) in [6.07, 6.45) is 1.82. The Morgan fingerprint density at radius 1 is 0.900 bits per heavy atom. The molecule has 0 aromatic heterocycles. The quantitative estimate of drug-likeness (QED) is 0.529. The van der Waals surface area contributed by atoms with Gasteiger partial charge in [-0.15, -0.1) is 0 Å². The Kier molecular flexibility index (Phi) is 5.47. The van der Waals surface area contributed by atoms with Crippen LogP contribution in [-0.2, 0) is 25.5 Å². The minimum Gasteiger partial charge on any atom is -0.469 e. The van der Waals surface area contributed by atoms with Gasteiger partial charge in [0.1, 0.15) is 0 Å². The number of carbonyl (C=O) groups is 2. The molecule has 2 aromatic carbocycles. The van der Waals surface area contributed by atoms with E-state index < -0.39 is 17.9 Å². The third kappa shape index (κ3) is 3.89. The van der Waals surface area contributed by atoms with Crippen LogP contribution >= 0.6 is 0 Å². The monoisotopic (exact) mass is 412 g/mol. The second kappa shape index (κ2) is 8.36. The van der Waals surface area contributed by atoms with Gasteiger partial charge in [0.25, 0.3) is 0 Å². The van der Waals surface area contributed by atoms with Crippen LogP contribution in [0, 0.1) is 5.92 Å². The predicted octanol–water partition coefficient (Wildman–Crippen LogP) is 2.73. The molecule has 0 amide bonds. The van der Waals surface area contributed by atoms with Gasteiger partial charge >= 0.3 is 11.9 Å². The highest BCUT2D eigenvalue weighted by molar-refractivity contribution is 6.00. The van der Waals surface area contributed by atoms with Gasteiger partial charge < -0.3 is 28.4 Å². The Balaban J connectivity index is 1.69. The van der Waals surface area contributed by atoms with E-state index in [1.807, 2.05) is 6.07 Å². The van der Waals surface area contributed by atoms with Gasteiger partial charge in [-0.25, -0.2) is 4.79 Å². The summed E-state index contributed by atoms with van der Waals surface area (Å²) in [5.41, 5.74) is 1.62. The molecule has 2 aromatic rings. The van der Waals surface area contributed by atoms with Crippen molar-refractivity contribution in [2.45, 2.75) is 6.42 Å². The predicted molar refractivity (Wildman–Crippen MR) is 104 cm³/mol. The molecule has 1 unspecified atom stereocenters. The molecular formula is C22H20O8. The first kappa shape index (κ1) is 19.6. The first-order valence-corrected chi connectivity index (χ1v) is 9.25. The van der Waals surface area contributed by atoms with Crippen LogP contribution in [0.4, 0.5) is 0 Å². The Hall–Kier alpha value is -3.68. The van der Waals surface area contributed by atoms with E-state index in [4.69, 9.17) is 28.4 Å². The molecule has 2 heterocycles. The molecule has 0 aliphatic carbocycles. The number of hydrogen-bond donors (Lipinski definition) is 0. The molecule has 0 fully saturated rings. The standard InChI is InChI=1S/C22H20O8/c1-25-21(23)15(7-13-3-5-17-19(9-13)29-11-27-17)16(22(24)26-2)8-14-4-6-18-20(10-14)30-12-28-18/h3-7,9-10,16H,8,11-12H2,1-2H3. The van der Waals surface area contributed by atoms with Crippen molar-refractivity contribution in [2.24, 2.45) is 5.92 Å². The van der Waals surface area contributed by atoms with Crippen LogP contribution in [0.2, 0.25) is 0 Å². The Morgan fingerprint density at radius 3 is 2.20 bits per heavy atom. The summed E-state index contributed by atoms with van der Waals surface area (Å²) in [4.78, 5) is 25.2. The maximum absolute atomic E-state index is 12.6. The summed E-state index contributed by atoms with van der Waals surface area (Å²) >= 11 is 0. The van der Waals surface area contributed by atoms with Crippen LogP contribution in [0.25, 0.3) is 6.08 Å². The number of hydrogen-bond acceptors (Lipinski definition) is 8. The van der Waals surface area contributed by atoms with Crippen LogP contribution < -0.4 is 18.9 Å². The van der Waals surface area contributed by atoms with E-state index in [-0.39, 0.29) is 25.6 Å². The van der Waals surface area contributed by atoms with Crippen LogP contribution in [0.5, 0.6) is 23.0 Å². The first-order valence-electron chi connectivity index (χ1n) is 9.25. The third-order valence-electron chi connectivity index (χ3n) is 4.88. The van der Waals surface area contributed by atoms with Gasteiger partial charge in [-0.1, -0.05) is 12.1 Å². The smallest absolute Gasteiger partial charge is 0.334 e. The van der Waals surface area contributed by atoms with E-state index in [1.165, 1.54) is 14.2 Å². The number of methoxy groups -OCH3 is 2. The number of benzene rings is 2. The van der Waals surface area contributed by atoms with E-state index in [0.29, 0.717) is 28.6 Å². The van der Waals surface area contributed by atoms with Crippen molar-refractivity contribution in [3.8, 4) is 23.0 Å². The number of rotatable bonds is 6. The molecule has 0 saturated heterocycles. The Labute approximate surface area is 172 Å². The third-order valence-corrected chi connectivity index (χ3v) is 4.88. The van der Waals surface area contributed by atoms with Gasteiger partial charge in [-0.2, -0.15) is 0 Å². The molecule has 30 heavy (non-hydrogen) atoms. The summed E-state index contributed by atoms with van der Waals surface area (Å²) in [5, 5.41) is 0. The lowest BCUT2D eigenvalue weighted by Crippen LogP contribution is -2.26. The number of ether oxygens (including phenoxy) is 6. The van der Waals surface area contributed by atoms with E-state index in [9.17, 15) is 9.59 Å². The van der Waals surface area contributed by atoms with Gasteiger partial charge in [0.15, 0.2) is 23.0 Å². The van der Waals surface area contributed by atoms with Crippen LogP contribution in [0.3, 0.4) is 0 Å². The number of carbonyl (C=O) groups excluding carboxylic acids is 2. The Morgan fingerprint density at radius 2 is 1.53 bits per heavy atom. The van der Waals surface area contributed by atoms with Crippen molar-refractivity contribution < 1.29 is 38.0 Å². The van der Waals surface area contributed by atoms with Gasteiger partial charge in [0.2, 0.25) is 13.6 Å². The maximum Gasteiger partial charge on any atom is 0.334 e. The topological polar surface area (TPSA) is 89.5 Å². The van der Waals surface area contributed by atoms with E-state index in [1.54, 1.807) is 36.4 Å². The second-order valence-electron chi connectivity index (χ2n) is 6.67. The maximum atomic E-state index is 12.6. The minimum absolute atomic E-state index is 0.140. The highest BCUT2D eigenvalue weighted by atomic mass is 16.7. The molecular weight excluding hydrogens is 392 g/mol. The van der Waals surface area contributed by atoms with Crippen molar-refractivity contribution in [2.75, 3.05) is 27.8 Å². The molecule has 2 aliphatic rings. The summed E-state index contributed by atoms with van der Waals surface area (Å²) in [6.45, 7) is 0.290. The van der Waals surface area contributed by atoms with Gasteiger partial charge in [-0.3, -0.25) is 4.79 Å². The van der Waals surface area contributed by atoms with Gasteiger partial charge in [0.05, 0.1) is 25.7 Å². The molecule has 0 spiro atoms. The van der Waals surface area contributed by atoms with Crippen molar-refractivity contribution in [3.63, 3.8) is 0 Å². The minimum atomic E-state index is -0.881. The van der Waals surface area contributed by atoms with Gasteiger partial charge in [-0.05, 0) is 47.9 Å². The van der Waals surface area contributed by atoms with E-state index in [0.717, 1.165) is 5.56 Å². The fourth-order valence-electron chi connectivity index (χ4n) is 3.37. The fourth-order valence-corrected chi connectivity index (χ4v) is 3.37. The first-order chi connectivity index (χ1) is 14.6. The Bertz CT molecular complexity index is 1010. The van der Waals surface area contributed by atoms with Crippen LogP contribution in [0.1, 0.15) is 11.1 Å². The number of fused-ring (bicyclic) bond motifs is 2. The summed E-state index contributed by atoms with van der Waals surface area (Å²) in [5.74, 6) is 0.366. The van der Waals surface area contributed by atoms with Crippen molar-refractivity contribution >= 4 is 18.0 Å². The average molecular weight is 412 g/mol. The molecule has 156 valence electrons. The molecule has 8 heteroatoms. The lowest BCUT2D eigenvalue weighted by molar-refractivity contribution is -0.147.